The minimum atomic E-state index is -0.658. The van der Waals surface area contributed by atoms with Gasteiger partial charge in [0.2, 0.25) is 5.91 Å². The summed E-state index contributed by atoms with van der Waals surface area (Å²) in [5.74, 6) is 1.27. The Hall–Kier alpha value is -3.33. The van der Waals surface area contributed by atoms with Gasteiger partial charge in [0, 0.05) is 19.5 Å². The highest BCUT2D eigenvalue weighted by molar-refractivity contribution is 6.07. The largest absolute Gasteiger partial charge is 0.398 e. The third-order valence-corrected chi connectivity index (χ3v) is 5.28. The Bertz CT molecular complexity index is 1080. The van der Waals surface area contributed by atoms with Crippen molar-refractivity contribution < 1.29 is 14.0 Å². The SMILES string of the molecule is C#CC(/C=c1/c(C(N)=O)c2c(c(N)c1=C)C(=O)N(C)C2)CC1C=CC(F)=CC1. The van der Waals surface area contributed by atoms with E-state index in [-0.39, 0.29) is 46.9 Å². The number of hydrogen-bond donors (Lipinski definition) is 2. The van der Waals surface area contributed by atoms with Crippen LogP contribution in [0.5, 0.6) is 0 Å². The van der Waals surface area contributed by atoms with Crippen LogP contribution in [-0.2, 0) is 6.54 Å². The van der Waals surface area contributed by atoms with Gasteiger partial charge in [-0.25, -0.2) is 4.39 Å². The number of carbonyl (C=O) groups excluding carboxylic acids is 2. The molecule has 2 amide bonds. The van der Waals surface area contributed by atoms with Crippen molar-refractivity contribution in [2.24, 2.45) is 17.6 Å². The third-order valence-electron chi connectivity index (χ3n) is 5.28. The van der Waals surface area contributed by atoms with Crippen LogP contribution in [-0.4, -0.2) is 23.8 Å². The summed E-state index contributed by atoms with van der Waals surface area (Å²) in [5, 5.41) is 0.831. The highest BCUT2D eigenvalue weighted by Gasteiger charge is 2.32. The number of hydrogen-bond acceptors (Lipinski definition) is 3. The molecule has 0 saturated heterocycles. The lowest BCUT2D eigenvalue weighted by atomic mass is 9.88. The molecule has 1 aromatic rings. The number of nitrogen functional groups attached to an aromatic ring is 1. The predicted octanol–water partition coefficient (Wildman–Crippen LogP) is 1.21. The lowest BCUT2D eigenvalue weighted by Gasteiger charge is -2.17. The van der Waals surface area contributed by atoms with Crippen molar-refractivity contribution in [3.63, 3.8) is 0 Å². The smallest absolute Gasteiger partial charge is 0.256 e. The third kappa shape index (κ3) is 3.31. The van der Waals surface area contributed by atoms with E-state index >= 15 is 0 Å². The molecule has 0 saturated carbocycles. The van der Waals surface area contributed by atoms with Gasteiger partial charge in [-0.3, -0.25) is 9.59 Å². The molecule has 3 rings (SSSR count). The van der Waals surface area contributed by atoms with E-state index in [0.717, 1.165) is 0 Å². The average molecular weight is 379 g/mol. The summed E-state index contributed by atoms with van der Waals surface area (Å²) in [6, 6.07) is 0. The Morgan fingerprint density at radius 3 is 2.86 bits per heavy atom. The second-order valence-corrected chi connectivity index (χ2v) is 7.18. The van der Waals surface area contributed by atoms with E-state index in [1.165, 1.54) is 17.1 Å². The lowest BCUT2D eigenvalue weighted by Crippen LogP contribution is -2.38. The summed E-state index contributed by atoms with van der Waals surface area (Å²) in [7, 11) is 1.63. The minimum absolute atomic E-state index is 0.0848. The monoisotopic (exact) mass is 379 g/mol. The number of anilines is 1. The molecule has 2 atom stereocenters. The van der Waals surface area contributed by atoms with Crippen molar-refractivity contribution in [1.29, 1.82) is 0 Å². The zero-order chi connectivity index (χ0) is 20.6. The summed E-state index contributed by atoms with van der Waals surface area (Å²) < 4.78 is 13.2. The first-order chi connectivity index (χ1) is 13.2. The van der Waals surface area contributed by atoms with E-state index in [4.69, 9.17) is 17.9 Å². The van der Waals surface area contributed by atoms with Crippen LogP contribution in [0, 0.1) is 24.2 Å². The minimum Gasteiger partial charge on any atom is -0.398 e. The Kier molecular flexibility index (Phi) is 5.10. The Balaban J connectivity index is 2.12. The van der Waals surface area contributed by atoms with Crippen LogP contribution in [0.4, 0.5) is 10.1 Å². The van der Waals surface area contributed by atoms with Gasteiger partial charge in [-0.05, 0) is 46.9 Å². The van der Waals surface area contributed by atoms with Crippen LogP contribution >= 0.6 is 0 Å². The standard InChI is InChI=1S/C22H22FN3O2/c1-4-13(9-14-5-7-15(23)8-6-14)10-16-12(2)20(24)19-17(18(16)21(25)27)11-26(3)22(19)28/h1,5,7-8,10,13-14H,2,6,9,11,24H2,3H3,(H2,25,27)/b16-10+. The Morgan fingerprint density at radius 2 is 2.29 bits per heavy atom. The van der Waals surface area contributed by atoms with Crippen molar-refractivity contribution >= 4 is 30.2 Å². The predicted molar refractivity (Wildman–Crippen MR) is 108 cm³/mol. The first-order valence-corrected chi connectivity index (χ1v) is 8.95. The van der Waals surface area contributed by atoms with Crippen LogP contribution in [0.1, 0.15) is 39.1 Å². The van der Waals surface area contributed by atoms with Gasteiger partial charge in [0.25, 0.3) is 5.91 Å². The van der Waals surface area contributed by atoms with E-state index in [9.17, 15) is 14.0 Å². The second kappa shape index (κ2) is 7.35. The molecule has 0 radical (unpaired) electrons. The van der Waals surface area contributed by atoms with Gasteiger partial charge >= 0.3 is 0 Å². The molecule has 0 aromatic heterocycles. The number of rotatable bonds is 4. The van der Waals surface area contributed by atoms with Crippen LogP contribution < -0.4 is 21.9 Å². The molecule has 144 valence electrons. The molecule has 1 aromatic carbocycles. The van der Waals surface area contributed by atoms with Gasteiger partial charge in [0.05, 0.1) is 16.8 Å². The average Bonchev–Trinajstić information content (AvgIpc) is 2.94. The molecule has 0 fully saturated rings. The van der Waals surface area contributed by atoms with Gasteiger partial charge in [0.15, 0.2) is 0 Å². The maximum atomic E-state index is 13.2. The normalized spacial score (nSPS) is 20.0. The molecule has 28 heavy (non-hydrogen) atoms. The maximum absolute atomic E-state index is 13.2. The molecule has 1 heterocycles. The van der Waals surface area contributed by atoms with Crippen molar-refractivity contribution in [1.82, 2.24) is 4.90 Å². The zero-order valence-electron chi connectivity index (χ0n) is 15.7. The van der Waals surface area contributed by atoms with E-state index in [0.29, 0.717) is 28.8 Å². The second-order valence-electron chi connectivity index (χ2n) is 7.18. The Morgan fingerprint density at radius 1 is 1.57 bits per heavy atom. The van der Waals surface area contributed by atoms with Crippen LogP contribution in [0.25, 0.3) is 12.7 Å². The fourth-order valence-corrected chi connectivity index (χ4v) is 3.79. The molecule has 2 aliphatic rings. The fraction of sp³-hybridized carbons (Fsp3) is 0.273. The number of nitrogens with zero attached hydrogens (tertiary/aromatic N) is 1. The molecule has 5 nitrogen and oxygen atoms in total. The molecule has 1 aliphatic carbocycles. The van der Waals surface area contributed by atoms with E-state index in [1.807, 2.05) is 0 Å². The number of amides is 2. The first-order valence-electron chi connectivity index (χ1n) is 8.95. The number of allylic oxidation sites excluding steroid dienone is 4. The summed E-state index contributed by atoms with van der Waals surface area (Å²) in [4.78, 5) is 26.1. The van der Waals surface area contributed by atoms with E-state index in [2.05, 4.69) is 12.5 Å². The highest BCUT2D eigenvalue weighted by atomic mass is 19.1. The molecular weight excluding hydrogens is 357 g/mol. The molecule has 4 N–H and O–H groups in total. The molecule has 6 heteroatoms. The van der Waals surface area contributed by atoms with Crippen molar-refractivity contribution in [2.75, 3.05) is 12.8 Å². The molecule has 0 spiro atoms. The lowest BCUT2D eigenvalue weighted by molar-refractivity contribution is 0.0816. The molecule has 0 bridgehead atoms. The van der Waals surface area contributed by atoms with Crippen molar-refractivity contribution in [2.45, 2.75) is 19.4 Å². The Labute approximate surface area is 162 Å². The number of terminal acetylenes is 1. The molecule has 2 unspecified atom stereocenters. The van der Waals surface area contributed by atoms with Crippen LogP contribution in [0.2, 0.25) is 0 Å². The van der Waals surface area contributed by atoms with Crippen LogP contribution in [0.3, 0.4) is 0 Å². The molecular formula is C22H22FN3O2. The first kappa shape index (κ1) is 19.4. The number of benzene rings is 1. The number of nitrogens with two attached hydrogens (primary N) is 2. The number of fused-ring (bicyclic) bond motifs is 1. The highest BCUT2D eigenvalue weighted by Crippen LogP contribution is 2.27. The quantitative estimate of drug-likeness (QED) is 0.609. The van der Waals surface area contributed by atoms with Gasteiger partial charge < -0.3 is 16.4 Å². The molecule has 1 aliphatic heterocycles. The van der Waals surface area contributed by atoms with Gasteiger partial charge in [-0.15, -0.1) is 6.42 Å². The van der Waals surface area contributed by atoms with Gasteiger partial charge in [0.1, 0.15) is 5.83 Å². The van der Waals surface area contributed by atoms with Gasteiger partial charge in [-0.2, -0.15) is 0 Å². The van der Waals surface area contributed by atoms with Crippen molar-refractivity contribution in [3.8, 4) is 12.3 Å². The van der Waals surface area contributed by atoms with Crippen LogP contribution in [0.15, 0.2) is 24.1 Å². The maximum Gasteiger partial charge on any atom is 0.256 e. The fourth-order valence-electron chi connectivity index (χ4n) is 3.79. The van der Waals surface area contributed by atoms with E-state index in [1.54, 1.807) is 19.2 Å². The topological polar surface area (TPSA) is 89.4 Å². The number of halogens is 1. The zero-order valence-corrected chi connectivity index (χ0v) is 15.7. The van der Waals surface area contributed by atoms with Gasteiger partial charge in [-0.1, -0.05) is 24.7 Å². The summed E-state index contributed by atoms with van der Waals surface area (Å²) in [6.07, 6.45) is 13.3. The summed E-state index contributed by atoms with van der Waals surface area (Å²) >= 11 is 0. The number of primary amides is 1. The summed E-state index contributed by atoms with van der Waals surface area (Å²) in [6.45, 7) is 4.21. The van der Waals surface area contributed by atoms with E-state index < -0.39 is 5.91 Å². The number of carbonyl (C=O) groups is 2. The van der Waals surface area contributed by atoms with Crippen molar-refractivity contribution in [3.05, 3.63) is 51.2 Å². The summed E-state index contributed by atoms with van der Waals surface area (Å²) in [5.41, 5.74) is 13.1.